The van der Waals surface area contributed by atoms with Crippen molar-refractivity contribution in [2.75, 3.05) is 25.0 Å². The molecule has 1 fully saturated rings. The summed E-state index contributed by atoms with van der Waals surface area (Å²) in [5.74, 6) is 0.0626. The number of carbonyl (C=O) groups is 1. The lowest BCUT2D eigenvalue weighted by Gasteiger charge is -2.44. The van der Waals surface area contributed by atoms with E-state index in [1.165, 1.54) is 5.56 Å². The number of rotatable bonds is 9. The second kappa shape index (κ2) is 12.0. The van der Waals surface area contributed by atoms with Crippen LogP contribution < -0.4 is 10.6 Å². The summed E-state index contributed by atoms with van der Waals surface area (Å²) in [6, 6.07) is 22.0. The Hall–Kier alpha value is -2.41. The van der Waals surface area contributed by atoms with E-state index in [0.717, 1.165) is 37.1 Å². The highest BCUT2D eigenvalue weighted by Crippen LogP contribution is 2.37. The number of likely N-dealkylation sites (tertiary alicyclic amines) is 1. The summed E-state index contributed by atoms with van der Waals surface area (Å²) in [6.07, 6.45) is 1.00. The van der Waals surface area contributed by atoms with Crippen molar-refractivity contribution < 1.29 is 9.90 Å². The first kappa shape index (κ1) is 27.6. The van der Waals surface area contributed by atoms with Crippen LogP contribution >= 0.6 is 23.2 Å². The van der Waals surface area contributed by atoms with Gasteiger partial charge in [-0.25, -0.2) is 0 Å². The lowest BCUT2D eigenvalue weighted by Crippen LogP contribution is -2.52. The molecule has 0 aliphatic carbocycles. The van der Waals surface area contributed by atoms with Gasteiger partial charge in [-0.1, -0.05) is 65.7 Å². The number of aliphatic hydroxyl groups is 1. The maximum Gasteiger partial charge on any atom is 0.181 e. The van der Waals surface area contributed by atoms with Crippen molar-refractivity contribution >= 4 is 34.7 Å². The van der Waals surface area contributed by atoms with Crippen LogP contribution in [0.3, 0.4) is 0 Å². The van der Waals surface area contributed by atoms with Crippen molar-refractivity contribution in [2.24, 2.45) is 0 Å². The van der Waals surface area contributed by atoms with E-state index in [4.69, 9.17) is 23.2 Å². The standard InChI is InChI=1S/C30H35Cl2N3O2/c1-20(2)35-13-11-30(12-14-35,19-33-29(37)34-28-17-26(31)16-27(32)18-28)25-9-7-22(8-10-25)24-6-4-5-23(15-24)21(3)36/h4-10,15-18,20,29,33-34,37H,11-14,19H2,1-3H3. The third-order valence-corrected chi connectivity index (χ3v) is 7.82. The second-order valence-corrected chi connectivity index (χ2v) is 11.1. The minimum atomic E-state index is -0.955. The Morgan fingerprint density at radius 1 is 0.973 bits per heavy atom. The van der Waals surface area contributed by atoms with Crippen molar-refractivity contribution in [3.8, 4) is 11.1 Å². The van der Waals surface area contributed by atoms with Gasteiger partial charge >= 0.3 is 0 Å². The molecule has 3 N–H and O–H groups in total. The summed E-state index contributed by atoms with van der Waals surface area (Å²) >= 11 is 12.2. The number of anilines is 1. The lowest BCUT2D eigenvalue weighted by atomic mass is 9.72. The Bertz CT molecular complexity index is 1200. The first-order valence-electron chi connectivity index (χ1n) is 12.8. The lowest BCUT2D eigenvalue weighted by molar-refractivity contribution is 0.101. The molecule has 1 atom stereocenters. The van der Waals surface area contributed by atoms with Crippen LogP contribution in [0.5, 0.6) is 0 Å². The average Bonchev–Trinajstić information content (AvgIpc) is 2.87. The highest BCUT2D eigenvalue weighted by atomic mass is 35.5. The first-order chi connectivity index (χ1) is 17.6. The van der Waals surface area contributed by atoms with Crippen LogP contribution in [-0.2, 0) is 5.41 Å². The number of nitrogens with one attached hydrogen (secondary N) is 2. The van der Waals surface area contributed by atoms with Crippen LogP contribution in [0.2, 0.25) is 10.0 Å². The van der Waals surface area contributed by atoms with E-state index in [2.05, 4.69) is 53.6 Å². The van der Waals surface area contributed by atoms with Crippen LogP contribution in [0, 0.1) is 0 Å². The van der Waals surface area contributed by atoms with Gasteiger partial charge in [-0.2, -0.15) is 0 Å². The number of benzene rings is 3. The molecular formula is C30H35Cl2N3O2. The average molecular weight is 541 g/mol. The van der Waals surface area contributed by atoms with Crippen molar-refractivity contribution in [1.29, 1.82) is 0 Å². The molecule has 0 spiro atoms. The number of hydrogen-bond donors (Lipinski definition) is 3. The number of hydrogen-bond acceptors (Lipinski definition) is 5. The van der Waals surface area contributed by atoms with Crippen LogP contribution in [0.25, 0.3) is 11.1 Å². The van der Waals surface area contributed by atoms with Crippen LogP contribution in [0.15, 0.2) is 66.7 Å². The van der Waals surface area contributed by atoms with Gasteiger partial charge in [-0.15, -0.1) is 0 Å². The molecule has 1 heterocycles. The molecular weight excluding hydrogens is 505 g/mol. The third kappa shape index (κ3) is 6.92. The number of halogens is 2. The predicted molar refractivity (Wildman–Crippen MR) is 154 cm³/mol. The van der Waals surface area contributed by atoms with E-state index in [-0.39, 0.29) is 11.2 Å². The van der Waals surface area contributed by atoms with Crippen molar-refractivity contribution in [3.63, 3.8) is 0 Å². The quantitative estimate of drug-likeness (QED) is 0.211. The fraction of sp³-hybridized carbons (Fsp3) is 0.367. The summed E-state index contributed by atoms with van der Waals surface area (Å²) < 4.78 is 0. The van der Waals surface area contributed by atoms with Crippen LogP contribution in [0.1, 0.15) is 49.5 Å². The van der Waals surface area contributed by atoms with Gasteiger partial charge in [0.25, 0.3) is 0 Å². The van der Waals surface area contributed by atoms with E-state index in [1.54, 1.807) is 25.1 Å². The summed E-state index contributed by atoms with van der Waals surface area (Å²) in [5.41, 5.74) is 4.59. The molecule has 0 saturated carbocycles. The Labute approximate surface area is 229 Å². The number of piperidine rings is 1. The monoisotopic (exact) mass is 539 g/mol. The molecule has 0 radical (unpaired) electrons. The highest BCUT2D eigenvalue weighted by molar-refractivity contribution is 6.35. The molecule has 1 saturated heterocycles. The fourth-order valence-electron chi connectivity index (χ4n) is 5.11. The van der Waals surface area contributed by atoms with Crippen LogP contribution in [0.4, 0.5) is 5.69 Å². The molecule has 3 aromatic carbocycles. The zero-order valence-electron chi connectivity index (χ0n) is 21.6. The zero-order valence-corrected chi connectivity index (χ0v) is 23.1. The molecule has 3 aromatic rings. The Kier molecular flexibility index (Phi) is 8.94. The number of nitrogens with zero attached hydrogens (tertiary/aromatic N) is 1. The predicted octanol–water partition coefficient (Wildman–Crippen LogP) is 6.58. The Balaban J connectivity index is 1.53. The van der Waals surface area contributed by atoms with E-state index >= 15 is 0 Å². The van der Waals surface area contributed by atoms with Crippen LogP contribution in [-0.4, -0.2) is 47.8 Å². The molecule has 5 nitrogen and oxygen atoms in total. The molecule has 4 rings (SSSR count). The van der Waals surface area contributed by atoms with Gasteiger partial charge in [0, 0.05) is 39.3 Å². The minimum absolute atomic E-state index is 0.0626. The summed E-state index contributed by atoms with van der Waals surface area (Å²) in [4.78, 5) is 14.3. The van der Waals surface area contributed by atoms with Gasteiger partial charge in [0.2, 0.25) is 0 Å². The number of carbonyl (C=O) groups excluding carboxylic acids is 1. The summed E-state index contributed by atoms with van der Waals surface area (Å²) in [6.45, 7) is 8.66. The molecule has 0 amide bonds. The first-order valence-corrected chi connectivity index (χ1v) is 13.5. The van der Waals surface area contributed by atoms with Crippen molar-refractivity contribution in [2.45, 2.75) is 51.4 Å². The molecule has 7 heteroatoms. The van der Waals surface area contributed by atoms with E-state index in [9.17, 15) is 9.90 Å². The number of aliphatic hydroxyl groups excluding tert-OH is 1. The van der Waals surface area contributed by atoms with Crippen molar-refractivity contribution in [1.82, 2.24) is 10.2 Å². The number of ketones is 1. The third-order valence-electron chi connectivity index (χ3n) is 7.38. The normalized spacial score (nSPS) is 16.5. The summed E-state index contributed by atoms with van der Waals surface area (Å²) in [7, 11) is 0. The summed E-state index contributed by atoms with van der Waals surface area (Å²) in [5, 5.41) is 18.1. The molecule has 196 valence electrons. The maximum absolute atomic E-state index is 11.8. The SMILES string of the molecule is CC(=O)c1cccc(-c2ccc(C3(CNC(O)Nc4cc(Cl)cc(Cl)c4)CCN(C(C)C)CC3)cc2)c1. The zero-order chi connectivity index (χ0) is 26.6. The van der Waals surface area contributed by atoms with E-state index in [0.29, 0.717) is 33.9 Å². The molecule has 37 heavy (non-hydrogen) atoms. The topological polar surface area (TPSA) is 64.6 Å². The highest BCUT2D eigenvalue weighted by Gasteiger charge is 2.37. The molecule has 1 unspecified atom stereocenters. The van der Waals surface area contributed by atoms with E-state index in [1.807, 2.05) is 24.3 Å². The van der Waals surface area contributed by atoms with Crippen molar-refractivity contribution in [3.05, 3.63) is 87.9 Å². The largest absolute Gasteiger partial charge is 0.361 e. The van der Waals surface area contributed by atoms with Gasteiger partial charge in [-0.3, -0.25) is 10.1 Å². The van der Waals surface area contributed by atoms with Gasteiger partial charge in [0.1, 0.15) is 0 Å². The minimum Gasteiger partial charge on any atom is -0.361 e. The fourth-order valence-corrected chi connectivity index (χ4v) is 5.63. The van der Waals surface area contributed by atoms with Gasteiger partial charge in [0.05, 0.1) is 0 Å². The Morgan fingerprint density at radius 2 is 1.62 bits per heavy atom. The second-order valence-electron chi connectivity index (χ2n) is 10.2. The molecule has 0 bridgehead atoms. The smallest absolute Gasteiger partial charge is 0.181 e. The molecule has 1 aliphatic rings. The van der Waals surface area contributed by atoms with Gasteiger partial charge < -0.3 is 15.3 Å². The van der Waals surface area contributed by atoms with Gasteiger partial charge in [0.15, 0.2) is 12.1 Å². The maximum atomic E-state index is 11.8. The molecule has 1 aliphatic heterocycles. The Morgan fingerprint density at radius 3 is 2.22 bits per heavy atom. The van der Waals surface area contributed by atoms with Gasteiger partial charge in [-0.05, 0) is 87.7 Å². The molecule has 0 aromatic heterocycles. The van der Waals surface area contributed by atoms with E-state index < -0.39 is 6.35 Å². The number of Topliss-reactive ketones (excluding diaryl/α,β-unsaturated/α-hetero) is 1.